The van der Waals surface area contributed by atoms with Crippen LogP contribution in [-0.4, -0.2) is 33.2 Å². The summed E-state index contributed by atoms with van der Waals surface area (Å²) in [5.41, 5.74) is 4.05. The van der Waals surface area contributed by atoms with Crippen molar-refractivity contribution in [3.05, 3.63) is 99.8 Å². The molecule has 2 aromatic carbocycles. The van der Waals surface area contributed by atoms with Gasteiger partial charge in [-0.15, -0.1) is 6.58 Å². The van der Waals surface area contributed by atoms with Crippen molar-refractivity contribution in [1.29, 1.82) is 0 Å². The molecular weight excluding hydrogens is 460 g/mol. The van der Waals surface area contributed by atoms with E-state index >= 15 is 0 Å². The number of thioether (sulfide) groups is 1. The Morgan fingerprint density at radius 3 is 2.57 bits per heavy atom. The second-order valence-electron chi connectivity index (χ2n) is 8.01. The number of para-hydroxylation sites is 1. The molecular formula is C28H26N2O4S. The second-order valence-corrected chi connectivity index (χ2v) is 9.04. The number of aryl methyl sites for hydroxylation is 1. The molecule has 1 amide bonds. The third-order valence-electron chi connectivity index (χ3n) is 5.82. The highest BCUT2D eigenvalue weighted by molar-refractivity contribution is 8.18. The van der Waals surface area contributed by atoms with Crippen molar-refractivity contribution in [3.63, 3.8) is 0 Å². The van der Waals surface area contributed by atoms with Crippen LogP contribution in [0.4, 0.5) is 0 Å². The minimum absolute atomic E-state index is 0.0995. The van der Waals surface area contributed by atoms with Crippen molar-refractivity contribution in [2.45, 2.75) is 27.3 Å². The molecule has 6 nitrogen and oxygen atoms in total. The van der Waals surface area contributed by atoms with Gasteiger partial charge in [-0.3, -0.25) is 4.79 Å². The van der Waals surface area contributed by atoms with E-state index in [4.69, 9.17) is 4.74 Å². The topological polar surface area (TPSA) is 80.9 Å². The van der Waals surface area contributed by atoms with E-state index in [1.54, 1.807) is 19.1 Å². The van der Waals surface area contributed by atoms with Crippen molar-refractivity contribution in [2.24, 2.45) is 4.99 Å². The van der Waals surface area contributed by atoms with Crippen LogP contribution in [0.25, 0.3) is 17.0 Å². The van der Waals surface area contributed by atoms with Crippen molar-refractivity contribution < 1.29 is 19.4 Å². The first-order valence-corrected chi connectivity index (χ1v) is 12.1. The fraction of sp³-hybridized carbons (Fsp3) is 0.179. The van der Waals surface area contributed by atoms with Crippen LogP contribution in [0.1, 0.15) is 34.1 Å². The number of aromatic nitrogens is 1. The number of aliphatic imine (C=N–C) groups is 1. The van der Waals surface area contributed by atoms with Crippen LogP contribution in [0.3, 0.4) is 0 Å². The number of benzene rings is 2. The smallest absolute Gasteiger partial charge is 0.344 e. The number of carbonyl (C=O) groups excluding carboxylic acids is 2. The second kappa shape index (κ2) is 10.2. The number of amides is 1. The summed E-state index contributed by atoms with van der Waals surface area (Å²) in [7, 11) is 0. The van der Waals surface area contributed by atoms with Gasteiger partial charge in [-0.1, -0.05) is 54.2 Å². The summed E-state index contributed by atoms with van der Waals surface area (Å²) in [4.78, 5) is 30.3. The van der Waals surface area contributed by atoms with Gasteiger partial charge >= 0.3 is 5.97 Å². The first kappa shape index (κ1) is 24.3. The van der Waals surface area contributed by atoms with E-state index in [1.165, 1.54) is 0 Å². The van der Waals surface area contributed by atoms with Gasteiger partial charge in [-0.25, -0.2) is 9.79 Å². The zero-order valence-corrected chi connectivity index (χ0v) is 20.7. The number of nitrogens with zero attached hydrogens (tertiary/aromatic N) is 2. The Kier molecular flexibility index (Phi) is 7.07. The van der Waals surface area contributed by atoms with E-state index in [2.05, 4.69) is 16.1 Å². The van der Waals surface area contributed by atoms with Gasteiger partial charge in [0, 0.05) is 34.3 Å². The van der Waals surface area contributed by atoms with Crippen molar-refractivity contribution in [3.8, 4) is 0 Å². The molecule has 1 aliphatic heterocycles. The molecule has 0 aliphatic carbocycles. The monoisotopic (exact) mass is 486 g/mol. The van der Waals surface area contributed by atoms with Gasteiger partial charge in [0.15, 0.2) is 0 Å². The lowest BCUT2D eigenvalue weighted by molar-refractivity contribution is -0.138. The molecule has 7 heteroatoms. The van der Waals surface area contributed by atoms with Gasteiger partial charge in [0.1, 0.15) is 16.4 Å². The maximum absolute atomic E-state index is 12.9. The van der Waals surface area contributed by atoms with Crippen LogP contribution >= 0.6 is 11.8 Å². The molecule has 0 atom stereocenters. The summed E-state index contributed by atoms with van der Waals surface area (Å²) in [6.45, 7) is 10.1. The molecule has 178 valence electrons. The molecule has 1 aliphatic rings. The molecule has 1 N–H and O–H groups in total. The van der Waals surface area contributed by atoms with Gasteiger partial charge in [0.2, 0.25) is 0 Å². The molecule has 4 rings (SSSR count). The van der Waals surface area contributed by atoms with Crippen molar-refractivity contribution in [1.82, 2.24) is 4.57 Å². The lowest BCUT2D eigenvalue weighted by Crippen LogP contribution is -2.14. The lowest BCUT2D eigenvalue weighted by Gasteiger charge is -2.04. The lowest BCUT2D eigenvalue weighted by atomic mass is 10.1. The molecule has 0 spiro atoms. The summed E-state index contributed by atoms with van der Waals surface area (Å²) in [6, 6.07) is 15.1. The van der Waals surface area contributed by atoms with E-state index in [-0.39, 0.29) is 23.0 Å². The minimum atomic E-state index is -0.719. The number of rotatable bonds is 6. The van der Waals surface area contributed by atoms with E-state index in [0.717, 1.165) is 39.5 Å². The average molecular weight is 487 g/mol. The summed E-state index contributed by atoms with van der Waals surface area (Å²) in [5.74, 6) is -1.45. The molecule has 3 aromatic rings. The summed E-state index contributed by atoms with van der Waals surface area (Å²) in [5, 5.41) is 12.2. The summed E-state index contributed by atoms with van der Waals surface area (Å²) >= 11 is 1.08. The number of fused-ring (bicyclic) bond motifs is 1. The summed E-state index contributed by atoms with van der Waals surface area (Å²) < 4.78 is 7.30. The quantitative estimate of drug-likeness (QED) is 0.334. The highest BCUT2D eigenvalue weighted by atomic mass is 32.2. The molecule has 2 heterocycles. The first-order chi connectivity index (χ1) is 16.9. The Morgan fingerprint density at radius 1 is 1.14 bits per heavy atom. The Labute approximate surface area is 208 Å². The normalized spacial score (nSPS) is 15.9. The Morgan fingerprint density at radius 2 is 1.86 bits per heavy atom. The number of ether oxygens (including phenoxy) is 1. The number of allylic oxidation sites excluding steroid dienone is 1. The van der Waals surface area contributed by atoms with Crippen LogP contribution in [0.2, 0.25) is 0 Å². The van der Waals surface area contributed by atoms with Gasteiger partial charge in [-0.2, -0.15) is 0 Å². The van der Waals surface area contributed by atoms with Crippen LogP contribution in [0.15, 0.2) is 82.4 Å². The SMILES string of the molecule is C=CCn1c(C)c(/C=C2\SC(=NC(=O)c3ccccc3C)C(C(=O)OCC)=C2O)c2ccccc21. The average Bonchev–Trinajstić information content (AvgIpc) is 3.28. The zero-order chi connectivity index (χ0) is 25.1. The molecule has 0 bridgehead atoms. The fourth-order valence-electron chi connectivity index (χ4n) is 4.09. The minimum Gasteiger partial charge on any atom is -0.506 e. The third-order valence-corrected chi connectivity index (χ3v) is 6.84. The van der Waals surface area contributed by atoms with E-state index in [0.29, 0.717) is 17.0 Å². The molecule has 35 heavy (non-hydrogen) atoms. The molecule has 0 saturated carbocycles. The number of aliphatic hydroxyl groups excluding tert-OH is 1. The highest BCUT2D eigenvalue weighted by Gasteiger charge is 2.34. The maximum Gasteiger partial charge on any atom is 0.344 e. The zero-order valence-electron chi connectivity index (χ0n) is 19.9. The first-order valence-electron chi connectivity index (χ1n) is 11.2. The Balaban J connectivity index is 1.84. The Hall–Kier alpha value is -3.84. The highest BCUT2D eigenvalue weighted by Crippen LogP contribution is 2.41. The van der Waals surface area contributed by atoms with Gasteiger partial charge in [-0.05, 0) is 44.5 Å². The fourth-order valence-corrected chi connectivity index (χ4v) is 5.09. The van der Waals surface area contributed by atoms with Crippen LogP contribution in [0.5, 0.6) is 0 Å². The summed E-state index contributed by atoms with van der Waals surface area (Å²) in [6.07, 6.45) is 3.66. The molecule has 0 fully saturated rings. The predicted molar refractivity (Wildman–Crippen MR) is 142 cm³/mol. The largest absolute Gasteiger partial charge is 0.506 e. The van der Waals surface area contributed by atoms with Crippen LogP contribution < -0.4 is 0 Å². The standard InChI is InChI=1S/C28H26N2O4S/c1-5-15-30-18(4)21(20-13-9-10-14-22(20)30)16-23-25(31)24(28(33)34-6-2)27(35-23)29-26(32)19-12-8-7-11-17(19)3/h5,7-14,16,31H,1,6,15H2,2-4H3/b23-16-,29-27?. The molecule has 0 radical (unpaired) electrons. The molecule has 0 saturated heterocycles. The third kappa shape index (κ3) is 4.59. The van der Waals surface area contributed by atoms with E-state index in [9.17, 15) is 14.7 Å². The maximum atomic E-state index is 12.9. The molecule has 1 aromatic heterocycles. The van der Waals surface area contributed by atoms with Crippen LogP contribution in [0, 0.1) is 13.8 Å². The molecule has 0 unspecified atom stereocenters. The number of carbonyl (C=O) groups is 2. The number of hydrogen-bond donors (Lipinski definition) is 1. The van der Waals surface area contributed by atoms with Gasteiger partial charge < -0.3 is 14.4 Å². The van der Waals surface area contributed by atoms with Gasteiger partial charge in [0.05, 0.1) is 11.5 Å². The van der Waals surface area contributed by atoms with Crippen molar-refractivity contribution >= 4 is 45.7 Å². The number of aliphatic hydroxyl groups is 1. The predicted octanol–water partition coefficient (Wildman–Crippen LogP) is 6.15. The number of hydrogen-bond acceptors (Lipinski definition) is 5. The number of esters is 1. The van der Waals surface area contributed by atoms with E-state index in [1.807, 2.05) is 62.4 Å². The van der Waals surface area contributed by atoms with Gasteiger partial charge in [0.25, 0.3) is 5.91 Å². The Bertz CT molecular complexity index is 1440. The van der Waals surface area contributed by atoms with Crippen LogP contribution in [-0.2, 0) is 16.1 Å². The van der Waals surface area contributed by atoms with Crippen molar-refractivity contribution in [2.75, 3.05) is 6.61 Å². The van der Waals surface area contributed by atoms with E-state index < -0.39 is 11.9 Å².